The summed E-state index contributed by atoms with van der Waals surface area (Å²) in [6.07, 6.45) is 1.96. The topological polar surface area (TPSA) is 85.5 Å². The Morgan fingerprint density at radius 3 is 2.92 bits per heavy atom. The average molecular weight is 372 g/mol. The number of sulfonamides is 1. The second-order valence-electron chi connectivity index (χ2n) is 5.64. The minimum Gasteiger partial charge on any atom is -0.422 e. The normalized spacial score (nSPS) is 19.5. The summed E-state index contributed by atoms with van der Waals surface area (Å²) in [5.74, 6) is 0.800. The summed E-state index contributed by atoms with van der Waals surface area (Å²) < 4.78 is 35.9. The van der Waals surface area contributed by atoms with E-state index in [9.17, 15) is 8.42 Å². The quantitative estimate of drug-likeness (QED) is 0.797. The highest BCUT2D eigenvalue weighted by Gasteiger charge is 2.30. The van der Waals surface area contributed by atoms with Crippen LogP contribution >= 0.6 is 11.6 Å². The van der Waals surface area contributed by atoms with Crippen molar-refractivity contribution in [1.29, 1.82) is 0 Å². The second kappa shape index (κ2) is 7.18. The molecule has 1 aliphatic heterocycles. The minimum absolute atomic E-state index is 0.189. The molecule has 1 atom stereocenters. The second-order valence-corrected chi connectivity index (χ2v) is 8.06. The lowest BCUT2D eigenvalue weighted by molar-refractivity contribution is -0.0176. The molecule has 0 spiro atoms. The maximum Gasteiger partial charge on any atom is 0.246 e. The number of rotatable bonds is 5. The molecule has 0 bridgehead atoms. The van der Waals surface area contributed by atoms with Gasteiger partial charge in [-0.1, -0.05) is 23.7 Å². The van der Waals surface area contributed by atoms with E-state index in [1.54, 1.807) is 0 Å². The molecule has 0 amide bonds. The van der Waals surface area contributed by atoms with Crippen LogP contribution in [0.5, 0.6) is 0 Å². The van der Waals surface area contributed by atoms with Crippen molar-refractivity contribution >= 4 is 21.6 Å². The largest absolute Gasteiger partial charge is 0.422 e. The monoisotopic (exact) mass is 371 g/mol. The molecule has 1 fully saturated rings. The van der Waals surface area contributed by atoms with Crippen LogP contribution < -0.4 is 0 Å². The van der Waals surface area contributed by atoms with Crippen LogP contribution in [0.2, 0.25) is 5.02 Å². The number of nitrogens with zero attached hydrogens (tertiary/aromatic N) is 3. The van der Waals surface area contributed by atoms with Crippen LogP contribution in [-0.2, 0) is 27.6 Å². The highest BCUT2D eigenvalue weighted by atomic mass is 35.5. The van der Waals surface area contributed by atoms with Crippen molar-refractivity contribution in [3.8, 4) is 0 Å². The third-order valence-electron chi connectivity index (χ3n) is 3.77. The first-order chi connectivity index (χ1) is 11.4. The van der Waals surface area contributed by atoms with Gasteiger partial charge in [0.05, 0.1) is 12.9 Å². The molecule has 0 N–H and O–H groups in total. The first kappa shape index (κ1) is 17.3. The van der Waals surface area contributed by atoms with Gasteiger partial charge in [0.2, 0.25) is 21.8 Å². The Bertz CT molecular complexity index is 809. The van der Waals surface area contributed by atoms with E-state index in [2.05, 4.69) is 10.2 Å². The van der Waals surface area contributed by atoms with Gasteiger partial charge >= 0.3 is 0 Å². The van der Waals surface area contributed by atoms with Crippen LogP contribution in [0.1, 0.15) is 23.4 Å². The lowest BCUT2D eigenvalue weighted by Gasteiger charge is -2.29. The van der Waals surface area contributed by atoms with E-state index in [0.717, 1.165) is 12.0 Å². The van der Waals surface area contributed by atoms with Gasteiger partial charge in [0.25, 0.3) is 0 Å². The van der Waals surface area contributed by atoms with Crippen LogP contribution in [0.15, 0.2) is 28.7 Å². The zero-order valence-corrected chi connectivity index (χ0v) is 14.8. The molecule has 1 saturated heterocycles. The van der Waals surface area contributed by atoms with Gasteiger partial charge in [-0.2, -0.15) is 4.31 Å². The van der Waals surface area contributed by atoms with Gasteiger partial charge in [-0.05, 0) is 24.1 Å². The fraction of sp³-hybridized carbons (Fsp3) is 0.467. The smallest absolute Gasteiger partial charge is 0.246 e. The molecular weight excluding hydrogens is 354 g/mol. The predicted octanol–water partition coefficient (Wildman–Crippen LogP) is 1.84. The molecule has 130 valence electrons. The number of hydrogen-bond donors (Lipinski definition) is 0. The minimum atomic E-state index is -3.26. The van der Waals surface area contributed by atoms with Crippen LogP contribution in [0.4, 0.5) is 0 Å². The van der Waals surface area contributed by atoms with E-state index < -0.39 is 16.1 Å². The summed E-state index contributed by atoms with van der Waals surface area (Å²) in [6, 6.07) is 7.60. The number of aromatic nitrogens is 2. The molecule has 3 rings (SSSR count). The van der Waals surface area contributed by atoms with Crippen LogP contribution in [0, 0.1) is 0 Å². The molecule has 1 aromatic heterocycles. The molecule has 24 heavy (non-hydrogen) atoms. The van der Waals surface area contributed by atoms with Gasteiger partial charge in [0, 0.05) is 24.5 Å². The zero-order valence-electron chi connectivity index (χ0n) is 13.2. The third kappa shape index (κ3) is 4.32. The van der Waals surface area contributed by atoms with Crippen molar-refractivity contribution in [2.45, 2.75) is 18.9 Å². The van der Waals surface area contributed by atoms with E-state index in [1.165, 1.54) is 10.6 Å². The van der Waals surface area contributed by atoms with Crippen LogP contribution in [0.25, 0.3) is 0 Å². The fourth-order valence-corrected chi connectivity index (χ4v) is 3.54. The molecule has 1 aliphatic rings. The molecule has 9 heteroatoms. The Kier molecular flexibility index (Phi) is 5.19. The molecule has 0 saturated carbocycles. The van der Waals surface area contributed by atoms with Crippen molar-refractivity contribution in [3.63, 3.8) is 0 Å². The summed E-state index contributed by atoms with van der Waals surface area (Å²) in [4.78, 5) is 0. The number of benzene rings is 1. The highest BCUT2D eigenvalue weighted by Crippen LogP contribution is 2.23. The third-order valence-corrected chi connectivity index (χ3v) is 5.28. The van der Waals surface area contributed by atoms with E-state index >= 15 is 0 Å². The molecule has 1 aromatic carbocycles. The Morgan fingerprint density at radius 1 is 1.33 bits per heavy atom. The Labute approximate surface area is 145 Å². The number of ether oxygens (including phenoxy) is 1. The maximum atomic E-state index is 11.6. The average Bonchev–Trinajstić information content (AvgIpc) is 3.01. The molecule has 0 radical (unpaired) electrons. The van der Waals surface area contributed by atoms with Crippen LogP contribution in [-0.4, -0.2) is 48.9 Å². The summed E-state index contributed by atoms with van der Waals surface area (Å²) in [6.45, 7) is 0.831. The Balaban J connectivity index is 1.63. The Morgan fingerprint density at radius 2 is 2.17 bits per heavy atom. The molecular formula is C15H18ClN3O4S. The zero-order chi connectivity index (χ0) is 17.2. The van der Waals surface area contributed by atoms with Crippen molar-refractivity contribution in [2.24, 2.45) is 0 Å². The van der Waals surface area contributed by atoms with Crippen molar-refractivity contribution in [3.05, 3.63) is 46.6 Å². The van der Waals surface area contributed by atoms with Crippen molar-refractivity contribution in [2.75, 3.05) is 26.0 Å². The standard InChI is InChI=1S/C15H18ClN3O4S/c1-24(20,21)19-7-8-22-13(10-19)15-18-17-14(23-15)6-5-11-3-2-4-12(16)9-11/h2-4,9,13H,5-8,10H2,1H3/t13-/m0/s1. The van der Waals surface area contributed by atoms with Gasteiger partial charge in [0.15, 0.2) is 0 Å². The lowest BCUT2D eigenvalue weighted by Crippen LogP contribution is -2.41. The summed E-state index contributed by atoms with van der Waals surface area (Å²) in [5, 5.41) is 8.71. The van der Waals surface area contributed by atoms with Gasteiger partial charge in [0.1, 0.15) is 6.10 Å². The highest BCUT2D eigenvalue weighted by molar-refractivity contribution is 7.88. The van der Waals surface area contributed by atoms with Gasteiger partial charge in [-0.25, -0.2) is 8.42 Å². The van der Waals surface area contributed by atoms with E-state index in [0.29, 0.717) is 36.4 Å². The van der Waals surface area contributed by atoms with Crippen molar-refractivity contribution in [1.82, 2.24) is 14.5 Å². The maximum absolute atomic E-state index is 11.6. The van der Waals surface area contributed by atoms with E-state index in [-0.39, 0.29) is 6.54 Å². The molecule has 7 nitrogen and oxygen atoms in total. The lowest BCUT2D eigenvalue weighted by atomic mass is 10.1. The van der Waals surface area contributed by atoms with Gasteiger partial charge in [-0.3, -0.25) is 0 Å². The number of aryl methyl sites for hydroxylation is 2. The van der Waals surface area contributed by atoms with Gasteiger partial charge in [-0.15, -0.1) is 10.2 Å². The van der Waals surface area contributed by atoms with E-state index in [4.69, 9.17) is 20.8 Å². The summed E-state index contributed by atoms with van der Waals surface area (Å²) in [5.41, 5.74) is 1.08. The number of morpholine rings is 1. The predicted molar refractivity (Wildman–Crippen MR) is 88.3 cm³/mol. The first-order valence-corrected chi connectivity index (χ1v) is 9.78. The van der Waals surface area contributed by atoms with Gasteiger partial charge < -0.3 is 9.15 Å². The van der Waals surface area contributed by atoms with E-state index in [1.807, 2.05) is 24.3 Å². The Hall–Kier alpha value is -1.48. The molecule has 2 aromatic rings. The summed E-state index contributed by atoms with van der Waals surface area (Å²) in [7, 11) is -3.26. The van der Waals surface area contributed by atoms with Crippen molar-refractivity contribution < 1.29 is 17.6 Å². The molecule has 0 aliphatic carbocycles. The first-order valence-electron chi connectivity index (χ1n) is 7.55. The van der Waals surface area contributed by atoms with Crippen LogP contribution in [0.3, 0.4) is 0 Å². The SMILES string of the molecule is CS(=O)(=O)N1CCO[C@H](c2nnc(CCc3cccc(Cl)c3)o2)C1. The number of hydrogen-bond acceptors (Lipinski definition) is 6. The summed E-state index contributed by atoms with van der Waals surface area (Å²) >= 11 is 5.96. The molecule has 0 unspecified atom stereocenters. The fourth-order valence-electron chi connectivity index (χ4n) is 2.52. The number of halogens is 1. The molecule has 2 heterocycles.